The smallest absolute Gasteiger partial charge is 0.410 e. The second-order valence-electron chi connectivity index (χ2n) is 6.25. The molecule has 1 atom stereocenters. The highest BCUT2D eigenvalue weighted by molar-refractivity contribution is 5.96. The molecule has 3 heterocycles. The summed E-state index contributed by atoms with van der Waals surface area (Å²) in [7, 11) is 1.29. The molecule has 1 aromatic rings. The van der Waals surface area contributed by atoms with Crippen molar-refractivity contribution in [1.82, 2.24) is 15.0 Å². The predicted molar refractivity (Wildman–Crippen MR) is 83.9 cm³/mol. The van der Waals surface area contributed by atoms with Gasteiger partial charge in [0.25, 0.3) is 5.91 Å². The Morgan fingerprint density at radius 3 is 2.48 bits per heavy atom. The first-order valence-electron chi connectivity index (χ1n) is 8.19. The van der Waals surface area contributed by atoms with E-state index in [0.29, 0.717) is 42.9 Å². The lowest BCUT2D eigenvalue weighted by atomic mass is 10.0. The summed E-state index contributed by atoms with van der Waals surface area (Å²) in [4.78, 5) is 39.7. The van der Waals surface area contributed by atoms with E-state index in [9.17, 15) is 14.4 Å². The number of ether oxygens (including phenoxy) is 2. The highest BCUT2D eigenvalue weighted by Gasteiger charge is 2.44. The number of hydrogen-bond acceptors (Lipinski definition) is 7. The Hall–Kier alpha value is -2.58. The summed E-state index contributed by atoms with van der Waals surface area (Å²) in [5.74, 6) is -0.109. The third-order valence-electron chi connectivity index (χ3n) is 4.78. The largest absolute Gasteiger partial charge is 0.467 e. The summed E-state index contributed by atoms with van der Waals surface area (Å²) >= 11 is 0. The molecule has 0 saturated carbocycles. The van der Waals surface area contributed by atoms with Gasteiger partial charge in [0.2, 0.25) is 0 Å². The fraction of sp³-hybridized carbons (Fsp3) is 0.625. The van der Waals surface area contributed by atoms with Crippen molar-refractivity contribution in [3.8, 4) is 0 Å². The lowest BCUT2D eigenvalue weighted by molar-refractivity contribution is -0.145. The van der Waals surface area contributed by atoms with E-state index in [1.165, 1.54) is 12.0 Å². The number of esters is 1. The summed E-state index contributed by atoms with van der Waals surface area (Å²) in [6.07, 6.45) is 0.626. The van der Waals surface area contributed by atoms with Crippen molar-refractivity contribution in [2.24, 2.45) is 0 Å². The summed E-state index contributed by atoms with van der Waals surface area (Å²) in [6.45, 7) is 4.40. The molecule has 2 aliphatic heterocycles. The molecule has 9 heteroatoms. The molecular formula is C16H21N3O6. The van der Waals surface area contributed by atoms with Crippen LogP contribution in [0.15, 0.2) is 4.52 Å². The number of carbonyl (C=O) groups is 3. The molecule has 0 aliphatic carbocycles. The minimum absolute atomic E-state index is 0.00370. The van der Waals surface area contributed by atoms with Gasteiger partial charge in [-0.3, -0.25) is 9.69 Å². The molecule has 0 bridgehead atoms. The Morgan fingerprint density at radius 1 is 1.24 bits per heavy atom. The first kappa shape index (κ1) is 17.2. The van der Waals surface area contributed by atoms with Crippen LogP contribution in [0.4, 0.5) is 4.79 Å². The van der Waals surface area contributed by atoms with Crippen LogP contribution in [0.2, 0.25) is 0 Å². The molecule has 2 saturated heterocycles. The SMILES string of the molecule is COC(=O)C1COC(=O)N1C1CCN(C(=O)c2c(C)noc2C)CC1. The van der Waals surface area contributed by atoms with Crippen LogP contribution in [-0.2, 0) is 14.3 Å². The monoisotopic (exact) mass is 351 g/mol. The zero-order valence-corrected chi connectivity index (χ0v) is 14.5. The highest BCUT2D eigenvalue weighted by atomic mass is 16.6. The molecule has 136 valence electrons. The molecule has 2 aliphatic rings. The van der Waals surface area contributed by atoms with Crippen LogP contribution in [0, 0.1) is 13.8 Å². The zero-order chi connectivity index (χ0) is 18.1. The standard InChI is InChI=1S/C16H21N3O6/c1-9-13(10(2)25-17-9)14(20)18-6-4-11(5-7-18)19-12(15(21)23-3)8-24-16(19)22/h11-12H,4-8H2,1-3H3. The van der Waals surface area contributed by atoms with Gasteiger partial charge in [-0.25, -0.2) is 9.59 Å². The van der Waals surface area contributed by atoms with Crippen LogP contribution in [0.25, 0.3) is 0 Å². The average Bonchev–Trinajstić information content (AvgIpc) is 3.16. The molecule has 0 spiro atoms. The molecule has 0 aromatic carbocycles. The van der Waals surface area contributed by atoms with Gasteiger partial charge >= 0.3 is 12.1 Å². The number of likely N-dealkylation sites (tertiary alicyclic amines) is 1. The molecule has 25 heavy (non-hydrogen) atoms. The van der Waals surface area contributed by atoms with E-state index >= 15 is 0 Å². The zero-order valence-electron chi connectivity index (χ0n) is 14.5. The van der Waals surface area contributed by atoms with E-state index in [2.05, 4.69) is 5.16 Å². The number of piperidine rings is 1. The highest BCUT2D eigenvalue weighted by Crippen LogP contribution is 2.26. The van der Waals surface area contributed by atoms with Gasteiger partial charge in [-0.2, -0.15) is 0 Å². The van der Waals surface area contributed by atoms with Crippen molar-refractivity contribution in [3.63, 3.8) is 0 Å². The van der Waals surface area contributed by atoms with Crippen LogP contribution >= 0.6 is 0 Å². The molecule has 2 amide bonds. The summed E-state index contributed by atoms with van der Waals surface area (Å²) in [5, 5.41) is 3.82. The van der Waals surface area contributed by atoms with Crippen LogP contribution in [0.5, 0.6) is 0 Å². The normalized spacial score (nSPS) is 21.4. The minimum atomic E-state index is -0.715. The Kier molecular flexibility index (Phi) is 4.65. The second kappa shape index (κ2) is 6.73. The summed E-state index contributed by atoms with van der Waals surface area (Å²) in [5.41, 5.74) is 1.06. The van der Waals surface area contributed by atoms with Crippen molar-refractivity contribution < 1.29 is 28.4 Å². The van der Waals surface area contributed by atoms with Crippen LogP contribution in [-0.4, -0.2) is 71.8 Å². The van der Waals surface area contributed by atoms with E-state index < -0.39 is 18.1 Å². The Morgan fingerprint density at radius 2 is 1.92 bits per heavy atom. The van der Waals surface area contributed by atoms with Gasteiger partial charge in [-0.1, -0.05) is 5.16 Å². The van der Waals surface area contributed by atoms with Gasteiger partial charge in [-0.15, -0.1) is 0 Å². The molecular weight excluding hydrogens is 330 g/mol. The molecule has 0 N–H and O–H groups in total. The molecule has 1 unspecified atom stereocenters. The number of methoxy groups -OCH3 is 1. The molecule has 9 nitrogen and oxygen atoms in total. The molecule has 0 radical (unpaired) electrons. The van der Waals surface area contributed by atoms with E-state index in [4.69, 9.17) is 14.0 Å². The average molecular weight is 351 g/mol. The van der Waals surface area contributed by atoms with E-state index in [1.807, 2.05) is 0 Å². The van der Waals surface area contributed by atoms with Crippen LogP contribution in [0.3, 0.4) is 0 Å². The van der Waals surface area contributed by atoms with Crippen molar-refractivity contribution in [2.75, 3.05) is 26.8 Å². The van der Waals surface area contributed by atoms with Gasteiger partial charge in [0.05, 0.1) is 12.8 Å². The first-order chi connectivity index (χ1) is 11.9. The van der Waals surface area contributed by atoms with Crippen molar-refractivity contribution in [3.05, 3.63) is 17.0 Å². The van der Waals surface area contributed by atoms with Crippen LogP contribution < -0.4 is 0 Å². The van der Waals surface area contributed by atoms with Crippen molar-refractivity contribution >= 4 is 18.0 Å². The maximum absolute atomic E-state index is 12.7. The van der Waals surface area contributed by atoms with Gasteiger partial charge in [-0.05, 0) is 26.7 Å². The topological polar surface area (TPSA) is 102 Å². The maximum Gasteiger partial charge on any atom is 0.410 e. The number of carbonyl (C=O) groups excluding carboxylic acids is 3. The lowest BCUT2D eigenvalue weighted by Gasteiger charge is -2.37. The molecule has 1 aromatic heterocycles. The summed E-state index contributed by atoms with van der Waals surface area (Å²) in [6, 6.07) is -0.875. The number of hydrogen-bond donors (Lipinski definition) is 0. The number of aromatic nitrogens is 1. The lowest BCUT2D eigenvalue weighted by Crippen LogP contribution is -2.52. The third kappa shape index (κ3) is 3.06. The van der Waals surface area contributed by atoms with Gasteiger partial charge in [0.1, 0.15) is 17.9 Å². The van der Waals surface area contributed by atoms with Crippen LogP contribution in [0.1, 0.15) is 34.7 Å². The molecule has 2 fully saturated rings. The van der Waals surface area contributed by atoms with E-state index in [-0.39, 0.29) is 18.6 Å². The van der Waals surface area contributed by atoms with E-state index in [1.54, 1.807) is 18.7 Å². The number of aryl methyl sites for hydroxylation is 2. The minimum Gasteiger partial charge on any atom is -0.467 e. The van der Waals surface area contributed by atoms with E-state index in [0.717, 1.165) is 0 Å². The fourth-order valence-electron chi connectivity index (χ4n) is 3.45. The fourth-order valence-corrected chi connectivity index (χ4v) is 3.45. The second-order valence-corrected chi connectivity index (χ2v) is 6.25. The number of rotatable bonds is 3. The number of cyclic esters (lactones) is 1. The number of amides is 2. The van der Waals surface area contributed by atoms with Crippen molar-refractivity contribution in [2.45, 2.75) is 38.8 Å². The Bertz CT molecular complexity index is 673. The Balaban J connectivity index is 1.66. The maximum atomic E-state index is 12.7. The van der Waals surface area contributed by atoms with Gasteiger partial charge in [0.15, 0.2) is 6.04 Å². The van der Waals surface area contributed by atoms with Gasteiger partial charge in [0, 0.05) is 19.1 Å². The first-order valence-corrected chi connectivity index (χ1v) is 8.19. The quantitative estimate of drug-likeness (QED) is 0.745. The number of nitrogens with zero attached hydrogens (tertiary/aromatic N) is 3. The third-order valence-corrected chi connectivity index (χ3v) is 4.78. The predicted octanol–water partition coefficient (Wildman–Crippen LogP) is 0.890. The van der Waals surface area contributed by atoms with Gasteiger partial charge < -0.3 is 18.9 Å². The molecule has 3 rings (SSSR count). The van der Waals surface area contributed by atoms with Crippen molar-refractivity contribution in [1.29, 1.82) is 0 Å². The Labute approximate surface area is 144 Å². The summed E-state index contributed by atoms with van der Waals surface area (Å²) < 4.78 is 14.8.